The molecule has 0 fully saturated rings. The van der Waals surface area contributed by atoms with Crippen LogP contribution in [0.1, 0.15) is 11.3 Å². The van der Waals surface area contributed by atoms with E-state index in [9.17, 15) is 5.21 Å². The van der Waals surface area contributed by atoms with Crippen LogP contribution in [0.2, 0.25) is 0 Å². The van der Waals surface area contributed by atoms with E-state index in [0.717, 1.165) is 10.3 Å². The van der Waals surface area contributed by atoms with Gasteiger partial charge < -0.3 is 5.21 Å². The predicted molar refractivity (Wildman–Crippen MR) is 63.9 cm³/mol. The van der Waals surface area contributed by atoms with Crippen molar-refractivity contribution in [2.75, 3.05) is 0 Å². The minimum Gasteiger partial charge on any atom is -0.618 e. The number of benzene rings is 1. The standard InChI is InChI=1S/C13H12N2O/c1-11-6-2-3-8-13(11)15(16)10-12-7-4-5-9-14-12/h2-10H,1H3. The molecular formula is C13H12N2O. The first-order chi connectivity index (χ1) is 7.77. The number of aromatic nitrogens is 1. The lowest BCUT2D eigenvalue weighted by Gasteiger charge is -2.04. The zero-order valence-corrected chi connectivity index (χ0v) is 9.00. The van der Waals surface area contributed by atoms with Gasteiger partial charge in [-0.25, -0.2) is 0 Å². The van der Waals surface area contributed by atoms with E-state index < -0.39 is 0 Å². The van der Waals surface area contributed by atoms with Gasteiger partial charge in [-0.1, -0.05) is 24.3 Å². The molecule has 0 saturated carbocycles. The van der Waals surface area contributed by atoms with Crippen molar-refractivity contribution in [3.8, 4) is 0 Å². The summed E-state index contributed by atoms with van der Waals surface area (Å²) in [7, 11) is 0. The zero-order valence-electron chi connectivity index (χ0n) is 9.00. The predicted octanol–water partition coefficient (Wildman–Crippen LogP) is 2.65. The van der Waals surface area contributed by atoms with Crippen molar-refractivity contribution in [2.24, 2.45) is 0 Å². The van der Waals surface area contributed by atoms with E-state index in [1.807, 2.05) is 37.3 Å². The van der Waals surface area contributed by atoms with Gasteiger partial charge in [-0.2, -0.15) is 4.74 Å². The Morgan fingerprint density at radius 1 is 1.12 bits per heavy atom. The van der Waals surface area contributed by atoms with Crippen molar-refractivity contribution in [2.45, 2.75) is 6.92 Å². The van der Waals surface area contributed by atoms with Crippen molar-refractivity contribution >= 4 is 11.9 Å². The van der Waals surface area contributed by atoms with Crippen molar-refractivity contribution in [3.05, 3.63) is 65.1 Å². The van der Waals surface area contributed by atoms with E-state index in [-0.39, 0.29) is 0 Å². The number of pyridine rings is 1. The van der Waals surface area contributed by atoms with Crippen LogP contribution in [-0.2, 0) is 0 Å². The molecule has 0 atom stereocenters. The van der Waals surface area contributed by atoms with Gasteiger partial charge in [-0.05, 0) is 19.1 Å². The number of hydrogen-bond donors (Lipinski definition) is 0. The van der Waals surface area contributed by atoms with E-state index >= 15 is 0 Å². The van der Waals surface area contributed by atoms with E-state index in [1.54, 1.807) is 18.3 Å². The summed E-state index contributed by atoms with van der Waals surface area (Å²) < 4.78 is 0.845. The quantitative estimate of drug-likeness (QED) is 0.332. The molecule has 0 unspecified atom stereocenters. The van der Waals surface area contributed by atoms with Crippen molar-refractivity contribution in [1.29, 1.82) is 0 Å². The Labute approximate surface area is 94.3 Å². The Hall–Kier alpha value is -2.16. The average molecular weight is 212 g/mol. The Balaban J connectivity index is 2.36. The lowest BCUT2D eigenvalue weighted by atomic mass is 10.2. The third-order valence-electron chi connectivity index (χ3n) is 2.29. The van der Waals surface area contributed by atoms with Gasteiger partial charge in [0.1, 0.15) is 5.69 Å². The molecule has 3 nitrogen and oxygen atoms in total. The van der Waals surface area contributed by atoms with Crippen LogP contribution in [0.15, 0.2) is 48.7 Å². The van der Waals surface area contributed by atoms with Crippen LogP contribution in [0.5, 0.6) is 0 Å². The second-order valence-corrected chi connectivity index (χ2v) is 3.50. The lowest BCUT2D eigenvalue weighted by Crippen LogP contribution is -2.01. The minimum atomic E-state index is 0.646. The number of para-hydroxylation sites is 1. The molecule has 0 amide bonds. The SMILES string of the molecule is Cc1ccccc1[N+]([O-])=Cc1ccccn1. The fraction of sp³-hybridized carbons (Fsp3) is 0.0769. The third kappa shape index (κ3) is 2.25. The van der Waals surface area contributed by atoms with Gasteiger partial charge in [0.25, 0.3) is 0 Å². The zero-order chi connectivity index (χ0) is 11.4. The molecule has 0 spiro atoms. The largest absolute Gasteiger partial charge is 0.618 e. The molecule has 0 aliphatic carbocycles. The van der Waals surface area contributed by atoms with Crippen LogP contribution in [0, 0.1) is 12.1 Å². The van der Waals surface area contributed by atoms with Crippen LogP contribution in [-0.4, -0.2) is 15.9 Å². The summed E-state index contributed by atoms with van der Waals surface area (Å²) in [4.78, 5) is 4.08. The van der Waals surface area contributed by atoms with E-state index in [2.05, 4.69) is 4.98 Å². The maximum Gasteiger partial charge on any atom is 0.219 e. The fourth-order valence-corrected chi connectivity index (χ4v) is 1.45. The molecule has 0 aliphatic rings. The maximum absolute atomic E-state index is 11.9. The first-order valence-electron chi connectivity index (χ1n) is 5.05. The molecule has 2 aromatic rings. The number of hydrogen-bond acceptors (Lipinski definition) is 2. The summed E-state index contributed by atoms with van der Waals surface area (Å²) in [5.41, 5.74) is 2.25. The first kappa shape index (κ1) is 10.4. The van der Waals surface area contributed by atoms with Gasteiger partial charge in [0.2, 0.25) is 11.9 Å². The Morgan fingerprint density at radius 2 is 1.88 bits per heavy atom. The van der Waals surface area contributed by atoms with Crippen molar-refractivity contribution < 1.29 is 4.74 Å². The molecule has 0 radical (unpaired) electrons. The topological polar surface area (TPSA) is 39.0 Å². The molecule has 2 rings (SSSR count). The minimum absolute atomic E-state index is 0.646. The fourth-order valence-electron chi connectivity index (χ4n) is 1.45. The summed E-state index contributed by atoms with van der Waals surface area (Å²) in [5.74, 6) is 0. The highest BCUT2D eigenvalue weighted by atomic mass is 16.5. The summed E-state index contributed by atoms with van der Waals surface area (Å²) in [6.07, 6.45) is 3.14. The number of aryl methyl sites for hydroxylation is 1. The molecule has 1 aromatic heterocycles. The van der Waals surface area contributed by atoms with Gasteiger partial charge in [-0.3, -0.25) is 4.98 Å². The van der Waals surface area contributed by atoms with Gasteiger partial charge in [0.15, 0.2) is 0 Å². The molecule has 16 heavy (non-hydrogen) atoms. The number of nitrogens with zero attached hydrogens (tertiary/aromatic N) is 2. The highest BCUT2D eigenvalue weighted by molar-refractivity contribution is 5.73. The highest BCUT2D eigenvalue weighted by Gasteiger charge is 2.04. The second kappa shape index (κ2) is 4.57. The van der Waals surface area contributed by atoms with Gasteiger partial charge in [-0.15, -0.1) is 0 Å². The Bertz CT molecular complexity index is 506. The summed E-state index contributed by atoms with van der Waals surface area (Å²) >= 11 is 0. The molecule has 1 aromatic carbocycles. The number of rotatable bonds is 2. The van der Waals surface area contributed by atoms with Gasteiger partial charge in [0, 0.05) is 17.8 Å². The molecule has 3 heteroatoms. The van der Waals surface area contributed by atoms with E-state index in [1.165, 1.54) is 6.21 Å². The molecular weight excluding hydrogens is 200 g/mol. The Kier molecular flexibility index (Phi) is 2.96. The molecule has 0 bridgehead atoms. The highest BCUT2D eigenvalue weighted by Crippen LogP contribution is 2.15. The van der Waals surface area contributed by atoms with Crippen molar-refractivity contribution in [3.63, 3.8) is 0 Å². The smallest absolute Gasteiger partial charge is 0.219 e. The van der Waals surface area contributed by atoms with Crippen LogP contribution in [0.25, 0.3) is 0 Å². The molecule has 1 heterocycles. The molecule has 0 saturated heterocycles. The maximum atomic E-state index is 11.9. The van der Waals surface area contributed by atoms with E-state index in [4.69, 9.17) is 0 Å². The van der Waals surface area contributed by atoms with Crippen molar-refractivity contribution in [1.82, 2.24) is 4.98 Å². The third-order valence-corrected chi connectivity index (χ3v) is 2.29. The van der Waals surface area contributed by atoms with E-state index in [0.29, 0.717) is 11.4 Å². The molecule has 80 valence electrons. The van der Waals surface area contributed by atoms with Crippen LogP contribution < -0.4 is 0 Å². The molecule has 0 aliphatic heterocycles. The first-order valence-corrected chi connectivity index (χ1v) is 5.05. The van der Waals surface area contributed by atoms with Crippen LogP contribution in [0.4, 0.5) is 5.69 Å². The average Bonchev–Trinajstić information content (AvgIpc) is 2.31. The normalized spacial score (nSPS) is 11.4. The summed E-state index contributed by atoms with van der Waals surface area (Å²) in [6.45, 7) is 1.91. The van der Waals surface area contributed by atoms with Crippen LogP contribution >= 0.6 is 0 Å². The van der Waals surface area contributed by atoms with Crippen LogP contribution in [0.3, 0.4) is 0 Å². The summed E-state index contributed by atoms with van der Waals surface area (Å²) in [5, 5.41) is 11.9. The second-order valence-electron chi connectivity index (χ2n) is 3.50. The van der Waals surface area contributed by atoms with Gasteiger partial charge in [0.05, 0.1) is 0 Å². The lowest BCUT2D eigenvalue weighted by molar-refractivity contribution is -0.355. The molecule has 0 N–H and O–H groups in total. The van der Waals surface area contributed by atoms with Gasteiger partial charge >= 0.3 is 0 Å². The monoisotopic (exact) mass is 212 g/mol. The Morgan fingerprint density at radius 3 is 2.56 bits per heavy atom. The summed E-state index contributed by atoms with van der Waals surface area (Å²) in [6, 6.07) is 12.9.